The fourth-order valence-electron chi connectivity index (χ4n) is 1.78. The van der Waals surface area contributed by atoms with Gasteiger partial charge in [0.05, 0.1) is 6.42 Å². The van der Waals surface area contributed by atoms with E-state index in [1.807, 2.05) is 35.9 Å². The van der Waals surface area contributed by atoms with Crippen molar-refractivity contribution in [2.24, 2.45) is 7.05 Å². The van der Waals surface area contributed by atoms with E-state index < -0.39 is 5.97 Å². The highest BCUT2D eigenvalue weighted by Gasteiger charge is 2.09. The third-order valence-corrected chi connectivity index (χ3v) is 3.31. The third kappa shape index (κ3) is 2.79. The van der Waals surface area contributed by atoms with Crippen LogP contribution in [0.4, 0.5) is 0 Å². The molecular formula is C13H13BrN2O2. The minimum absolute atomic E-state index is 0.124. The lowest BCUT2D eigenvalue weighted by atomic mass is 10.2. The SMILES string of the molecule is Cn1c(CCC(=O)O)cnc1-c1ccc(Br)cc1. The monoisotopic (exact) mass is 308 g/mol. The number of benzene rings is 1. The van der Waals surface area contributed by atoms with Gasteiger partial charge in [0, 0.05) is 29.0 Å². The molecule has 0 aliphatic rings. The van der Waals surface area contributed by atoms with Gasteiger partial charge >= 0.3 is 5.97 Å². The normalized spacial score (nSPS) is 10.6. The number of carboxylic acid groups (broad SMARTS) is 1. The van der Waals surface area contributed by atoms with Gasteiger partial charge in [0.1, 0.15) is 5.82 Å². The average Bonchev–Trinajstić information content (AvgIpc) is 2.69. The van der Waals surface area contributed by atoms with E-state index in [0.717, 1.165) is 21.6 Å². The second-order valence-corrected chi connectivity index (χ2v) is 4.95. The maximum Gasteiger partial charge on any atom is 0.303 e. The highest BCUT2D eigenvalue weighted by Crippen LogP contribution is 2.21. The molecule has 1 N–H and O–H groups in total. The van der Waals surface area contributed by atoms with E-state index in [-0.39, 0.29) is 6.42 Å². The molecule has 5 heteroatoms. The minimum atomic E-state index is -0.790. The van der Waals surface area contributed by atoms with Crippen molar-refractivity contribution >= 4 is 21.9 Å². The summed E-state index contributed by atoms with van der Waals surface area (Å²) in [7, 11) is 1.90. The lowest BCUT2D eigenvalue weighted by Crippen LogP contribution is -2.03. The first kappa shape index (κ1) is 12.8. The Kier molecular flexibility index (Phi) is 3.81. The molecule has 4 nitrogen and oxygen atoms in total. The first-order valence-electron chi connectivity index (χ1n) is 5.56. The first-order valence-corrected chi connectivity index (χ1v) is 6.35. The number of imidazole rings is 1. The van der Waals surface area contributed by atoms with Gasteiger partial charge in [0.15, 0.2) is 0 Å². The molecule has 1 heterocycles. The van der Waals surface area contributed by atoms with Crippen molar-refractivity contribution in [3.8, 4) is 11.4 Å². The summed E-state index contributed by atoms with van der Waals surface area (Å²) >= 11 is 3.39. The zero-order valence-electron chi connectivity index (χ0n) is 9.93. The first-order chi connectivity index (χ1) is 8.58. The molecule has 0 atom stereocenters. The van der Waals surface area contributed by atoms with E-state index in [9.17, 15) is 4.79 Å². The van der Waals surface area contributed by atoms with Crippen LogP contribution in [0, 0.1) is 0 Å². The molecule has 0 unspecified atom stereocenters. The van der Waals surface area contributed by atoms with Gasteiger partial charge in [-0.1, -0.05) is 28.1 Å². The van der Waals surface area contributed by atoms with Gasteiger partial charge in [-0.25, -0.2) is 4.98 Å². The summed E-state index contributed by atoms with van der Waals surface area (Å²) in [6.07, 6.45) is 2.36. The molecule has 94 valence electrons. The standard InChI is InChI=1S/C13H13BrN2O2/c1-16-11(6-7-12(17)18)8-15-13(16)9-2-4-10(14)5-3-9/h2-5,8H,6-7H2,1H3,(H,17,18). The molecule has 0 amide bonds. The number of hydrogen-bond donors (Lipinski definition) is 1. The zero-order chi connectivity index (χ0) is 13.1. The average molecular weight is 309 g/mol. The van der Waals surface area contributed by atoms with E-state index in [2.05, 4.69) is 20.9 Å². The molecule has 0 bridgehead atoms. The molecule has 2 aromatic rings. The van der Waals surface area contributed by atoms with Crippen LogP contribution >= 0.6 is 15.9 Å². The van der Waals surface area contributed by atoms with E-state index in [4.69, 9.17) is 5.11 Å². The van der Waals surface area contributed by atoms with Crippen LogP contribution in [0.25, 0.3) is 11.4 Å². The second-order valence-electron chi connectivity index (χ2n) is 4.03. The number of carbonyl (C=O) groups is 1. The number of aryl methyl sites for hydroxylation is 1. The Morgan fingerprint density at radius 1 is 1.39 bits per heavy atom. The Morgan fingerprint density at radius 3 is 2.67 bits per heavy atom. The topological polar surface area (TPSA) is 55.1 Å². The molecule has 0 spiro atoms. The smallest absolute Gasteiger partial charge is 0.303 e. The summed E-state index contributed by atoms with van der Waals surface area (Å²) in [6.45, 7) is 0. The van der Waals surface area contributed by atoms with Crippen molar-refractivity contribution in [2.45, 2.75) is 12.8 Å². The van der Waals surface area contributed by atoms with Crippen molar-refractivity contribution in [1.82, 2.24) is 9.55 Å². The van der Waals surface area contributed by atoms with Gasteiger partial charge in [-0.3, -0.25) is 4.79 Å². The van der Waals surface area contributed by atoms with Crippen molar-refractivity contribution in [2.75, 3.05) is 0 Å². The number of halogens is 1. The highest BCUT2D eigenvalue weighted by atomic mass is 79.9. The third-order valence-electron chi connectivity index (χ3n) is 2.78. The maximum absolute atomic E-state index is 10.6. The number of aromatic nitrogens is 2. The second kappa shape index (κ2) is 5.35. The van der Waals surface area contributed by atoms with Gasteiger partial charge in [-0.2, -0.15) is 0 Å². The van der Waals surface area contributed by atoms with Crippen LogP contribution in [0.3, 0.4) is 0 Å². The summed E-state index contributed by atoms with van der Waals surface area (Å²) in [6, 6.07) is 7.88. The Hall–Kier alpha value is -1.62. The quantitative estimate of drug-likeness (QED) is 0.945. The molecular weight excluding hydrogens is 296 g/mol. The van der Waals surface area contributed by atoms with Gasteiger partial charge in [-0.05, 0) is 18.6 Å². The molecule has 1 aromatic carbocycles. The zero-order valence-corrected chi connectivity index (χ0v) is 11.5. The largest absolute Gasteiger partial charge is 0.481 e. The van der Waals surface area contributed by atoms with Crippen molar-refractivity contribution < 1.29 is 9.90 Å². The summed E-state index contributed by atoms with van der Waals surface area (Å²) < 4.78 is 2.96. The molecule has 0 radical (unpaired) electrons. The van der Waals surface area contributed by atoms with Crippen molar-refractivity contribution in [3.63, 3.8) is 0 Å². The summed E-state index contributed by atoms with van der Waals surface area (Å²) in [5, 5.41) is 8.69. The molecule has 2 rings (SSSR count). The predicted octanol–water partition coefficient (Wildman–Crippen LogP) is 2.87. The van der Waals surface area contributed by atoms with Crippen LogP contribution in [-0.2, 0) is 18.3 Å². The molecule has 1 aromatic heterocycles. The van der Waals surface area contributed by atoms with Crippen LogP contribution in [-0.4, -0.2) is 20.6 Å². The van der Waals surface area contributed by atoms with E-state index >= 15 is 0 Å². The Balaban J connectivity index is 2.25. The minimum Gasteiger partial charge on any atom is -0.481 e. The molecule has 0 saturated heterocycles. The van der Waals surface area contributed by atoms with E-state index in [1.165, 1.54) is 0 Å². The van der Waals surface area contributed by atoms with Crippen LogP contribution in [0.15, 0.2) is 34.9 Å². The number of aliphatic carboxylic acids is 1. The summed E-state index contributed by atoms with van der Waals surface area (Å²) in [4.78, 5) is 14.9. The number of carboxylic acids is 1. The number of rotatable bonds is 4. The van der Waals surface area contributed by atoms with E-state index in [1.54, 1.807) is 6.20 Å². The van der Waals surface area contributed by atoms with Crippen LogP contribution in [0.5, 0.6) is 0 Å². The molecule has 0 aliphatic heterocycles. The highest BCUT2D eigenvalue weighted by molar-refractivity contribution is 9.10. The van der Waals surface area contributed by atoms with Gasteiger partial charge in [0.2, 0.25) is 0 Å². The predicted molar refractivity (Wildman–Crippen MR) is 72.3 cm³/mol. The van der Waals surface area contributed by atoms with Crippen molar-refractivity contribution in [1.29, 1.82) is 0 Å². The molecule has 0 fully saturated rings. The Morgan fingerprint density at radius 2 is 2.06 bits per heavy atom. The van der Waals surface area contributed by atoms with Crippen molar-refractivity contribution in [3.05, 3.63) is 40.6 Å². The summed E-state index contributed by atoms with van der Waals surface area (Å²) in [5.74, 6) is 0.0595. The Bertz CT molecular complexity index is 561. The van der Waals surface area contributed by atoms with Gasteiger partial charge < -0.3 is 9.67 Å². The molecule has 0 aliphatic carbocycles. The molecule has 0 saturated carbocycles. The van der Waals surface area contributed by atoms with E-state index in [0.29, 0.717) is 6.42 Å². The van der Waals surface area contributed by atoms with Crippen LogP contribution in [0.2, 0.25) is 0 Å². The van der Waals surface area contributed by atoms with Gasteiger partial charge in [-0.15, -0.1) is 0 Å². The number of nitrogens with zero attached hydrogens (tertiary/aromatic N) is 2. The van der Waals surface area contributed by atoms with Crippen LogP contribution < -0.4 is 0 Å². The lowest BCUT2D eigenvalue weighted by Gasteiger charge is -2.05. The van der Waals surface area contributed by atoms with Gasteiger partial charge in [0.25, 0.3) is 0 Å². The fourth-order valence-corrected chi connectivity index (χ4v) is 2.04. The Labute approximate surface area is 113 Å². The fraction of sp³-hybridized carbons (Fsp3) is 0.231. The maximum atomic E-state index is 10.6. The molecule has 18 heavy (non-hydrogen) atoms. The van der Waals surface area contributed by atoms with Crippen LogP contribution in [0.1, 0.15) is 12.1 Å². The number of hydrogen-bond acceptors (Lipinski definition) is 2. The lowest BCUT2D eigenvalue weighted by molar-refractivity contribution is -0.136. The summed E-state index contributed by atoms with van der Waals surface area (Å²) in [5.41, 5.74) is 1.94.